The number of alkyl halides is 3. The summed E-state index contributed by atoms with van der Waals surface area (Å²) >= 11 is 0. The third-order valence-corrected chi connectivity index (χ3v) is 1.21. The number of hydrogen-bond acceptors (Lipinski definition) is 1. The molecule has 0 aliphatic carbocycles. The van der Waals surface area contributed by atoms with Crippen molar-refractivity contribution >= 4 is 0 Å². The lowest BCUT2D eigenvalue weighted by atomic mass is 10.2. The van der Waals surface area contributed by atoms with E-state index in [4.69, 9.17) is 0 Å². The van der Waals surface area contributed by atoms with Gasteiger partial charge in [0.25, 0.3) is 0 Å². The van der Waals surface area contributed by atoms with Crippen LogP contribution in [-0.2, 0) is 4.74 Å². The van der Waals surface area contributed by atoms with E-state index in [1.807, 2.05) is 0 Å². The highest BCUT2D eigenvalue weighted by molar-refractivity contribution is 4.57. The van der Waals surface area contributed by atoms with Crippen molar-refractivity contribution in [3.05, 3.63) is 0 Å². The highest BCUT2D eigenvalue weighted by Crippen LogP contribution is 2.09. The van der Waals surface area contributed by atoms with E-state index in [1.54, 1.807) is 0 Å². The second-order valence-corrected chi connectivity index (χ2v) is 1.96. The van der Waals surface area contributed by atoms with Gasteiger partial charge in [-0.2, -0.15) is 0 Å². The van der Waals surface area contributed by atoms with Crippen LogP contribution in [0.2, 0.25) is 0 Å². The Bertz CT molecular complexity index is 77.4. The number of ether oxygens (including phenoxy) is 1. The molecule has 0 spiro atoms. The first-order chi connectivity index (χ1) is 4.70. The molecule has 0 aromatic rings. The van der Waals surface area contributed by atoms with Crippen LogP contribution in [0.1, 0.15) is 12.8 Å². The standard InChI is InChI=1S/C6H11F3O/c1-10-5(2-3-7)4-6(8)9/h5-6H,2-4H2,1H3. The number of hydrogen-bond donors (Lipinski definition) is 0. The molecule has 0 heterocycles. The van der Waals surface area contributed by atoms with Gasteiger partial charge in [0.15, 0.2) is 0 Å². The zero-order chi connectivity index (χ0) is 7.98. The molecule has 4 heteroatoms. The van der Waals surface area contributed by atoms with Crippen LogP contribution in [0.15, 0.2) is 0 Å². The predicted molar refractivity (Wildman–Crippen MR) is 32.0 cm³/mol. The maximum absolute atomic E-state index is 11.6. The van der Waals surface area contributed by atoms with Gasteiger partial charge in [-0.3, -0.25) is 4.39 Å². The smallest absolute Gasteiger partial charge is 0.241 e. The van der Waals surface area contributed by atoms with Gasteiger partial charge in [-0.15, -0.1) is 0 Å². The molecule has 62 valence electrons. The summed E-state index contributed by atoms with van der Waals surface area (Å²) in [5, 5.41) is 0. The summed E-state index contributed by atoms with van der Waals surface area (Å²) in [6.45, 7) is -0.606. The zero-order valence-electron chi connectivity index (χ0n) is 5.82. The van der Waals surface area contributed by atoms with Crippen molar-refractivity contribution in [3.63, 3.8) is 0 Å². The highest BCUT2D eigenvalue weighted by atomic mass is 19.3. The Morgan fingerprint density at radius 1 is 1.40 bits per heavy atom. The summed E-state index contributed by atoms with van der Waals surface area (Å²) in [7, 11) is 1.31. The monoisotopic (exact) mass is 156 g/mol. The lowest BCUT2D eigenvalue weighted by molar-refractivity contribution is 0.0238. The molecule has 0 N–H and O–H groups in total. The van der Waals surface area contributed by atoms with Crippen molar-refractivity contribution in [2.24, 2.45) is 0 Å². The molecular weight excluding hydrogens is 145 g/mol. The molecule has 1 unspecified atom stereocenters. The van der Waals surface area contributed by atoms with Gasteiger partial charge in [-0.05, 0) is 0 Å². The molecular formula is C6H11F3O. The Morgan fingerprint density at radius 3 is 2.30 bits per heavy atom. The fourth-order valence-corrected chi connectivity index (χ4v) is 0.652. The first-order valence-electron chi connectivity index (χ1n) is 3.07. The average molecular weight is 156 g/mol. The van der Waals surface area contributed by atoms with E-state index in [9.17, 15) is 13.2 Å². The van der Waals surface area contributed by atoms with Crippen molar-refractivity contribution < 1.29 is 17.9 Å². The van der Waals surface area contributed by atoms with Crippen molar-refractivity contribution in [3.8, 4) is 0 Å². The van der Waals surface area contributed by atoms with E-state index in [2.05, 4.69) is 4.74 Å². The van der Waals surface area contributed by atoms with Gasteiger partial charge < -0.3 is 4.74 Å². The van der Waals surface area contributed by atoms with E-state index in [0.29, 0.717) is 0 Å². The Hall–Kier alpha value is -0.250. The lowest BCUT2D eigenvalue weighted by Crippen LogP contribution is -2.15. The third kappa shape index (κ3) is 4.61. The van der Waals surface area contributed by atoms with E-state index >= 15 is 0 Å². The topological polar surface area (TPSA) is 9.23 Å². The zero-order valence-corrected chi connectivity index (χ0v) is 5.82. The quantitative estimate of drug-likeness (QED) is 0.591. The van der Waals surface area contributed by atoms with Crippen LogP contribution < -0.4 is 0 Å². The molecule has 0 rings (SSSR count). The summed E-state index contributed by atoms with van der Waals surface area (Å²) in [5.41, 5.74) is 0. The fourth-order valence-electron chi connectivity index (χ4n) is 0.652. The number of rotatable bonds is 5. The number of halogens is 3. The summed E-state index contributed by atoms with van der Waals surface area (Å²) in [4.78, 5) is 0. The van der Waals surface area contributed by atoms with E-state index < -0.39 is 19.2 Å². The Labute approximate surface area is 58.2 Å². The van der Waals surface area contributed by atoms with E-state index in [1.165, 1.54) is 7.11 Å². The molecule has 0 bridgehead atoms. The van der Waals surface area contributed by atoms with Crippen molar-refractivity contribution in [1.82, 2.24) is 0 Å². The maximum Gasteiger partial charge on any atom is 0.241 e. The maximum atomic E-state index is 11.6. The molecule has 0 aromatic heterocycles. The van der Waals surface area contributed by atoms with Gasteiger partial charge in [-0.1, -0.05) is 0 Å². The van der Waals surface area contributed by atoms with Crippen molar-refractivity contribution in [1.29, 1.82) is 0 Å². The molecule has 0 radical (unpaired) electrons. The first kappa shape index (κ1) is 9.75. The molecule has 0 saturated heterocycles. The first-order valence-corrected chi connectivity index (χ1v) is 3.07. The third-order valence-electron chi connectivity index (χ3n) is 1.21. The molecule has 1 nitrogen and oxygen atoms in total. The van der Waals surface area contributed by atoms with E-state index in [-0.39, 0.29) is 12.8 Å². The SMILES string of the molecule is COC(CCF)CC(F)F. The van der Waals surface area contributed by atoms with Gasteiger partial charge in [0.05, 0.1) is 12.8 Å². The summed E-state index contributed by atoms with van der Waals surface area (Å²) < 4.78 is 39.3. The van der Waals surface area contributed by atoms with Crippen LogP contribution in [0.4, 0.5) is 13.2 Å². The molecule has 0 amide bonds. The second kappa shape index (κ2) is 5.53. The van der Waals surface area contributed by atoms with Gasteiger partial charge in [-0.25, -0.2) is 8.78 Å². The molecule has 0 aromatic carbocycles. The Morgan fingerprint density at radius 2 is 2.00 bits per heavy atom. The summed E-state index contributed by atoms with van der Waals surface area (Å²) in [6.07, 6.45) is -3.36. The van der Waals surface area contributed by atoms with Crippen LogP contribution in [0.3, 0.4) is 0 Å². The van der Waals surface area contributed by atoms with Gasteiger partial charge in [0.2, 0.25) is 6.43 Å². The molecule has 0 aliphatic rings. The lowest BCUT2D eigenvalue weighted by Gasteiger charge is -2.11. The predicted octanol–water partition coefficient (Wildman–Crippen LogP) is 2.02. The highest BCUT2D eigenvalue weighted by Gasteiger charge is 2.13. The van der Waals surface area contributed by atoms with Crippen molar-refractivity contribution in [2.75, 3.05) is 13.8 Å². The molecule has 0 aliphatic heterocycles. The van der Waals surface area contributed by atoms with Crippen LogP contribution in [0.25, 0.3) is 0 Å². The summed E-state index contributed by atoms with van der Waals surface area (Å²) in [5.74, 6) is 0. The van der Waals surface area contributed by atoms with Crippen LogP contribution in [0.5, 0.6) is 0 Å². The molecule has 10 heavy (non-hydrogen) atoms. The Balaban J connectivity index is 3.39. The second-order valence-electron chi connectivity index (χ2n) is 1.96. The fraction of sp³-hybridized carbons (Fsp3) is 1.00. The largest absolute Gasteiger partial charge is 0.381 e. The van der Waals surface area contributed by atoms with Crippen LogP contribution >= 0.6 is 0 Å². The number of methoxy groups -OCH3 is 1. The molecule has 0 fully saturated rings. The Kier molecular flexibility index (Phi) is 5.39. The van der Waals surface area contributed by atoms with Gasteiger partial charge >= 0.3 is 0 Å². The molecule has 1 atom stereocenters. The summed E-state index contributed by atoms with van der Waals surface area (Å²) in [6, 6.07) is 0. The minimum absolute atomic E-state index is 0.0564. The molecule has 0 saturated carbocycles. The minimum Gasteiger partial charge on any atom is -0.381 e. The van der Waals surface area contributed by atoms with Crippen molar-refractivity contribution in [2.45, 2.75) is 25.4 Å². The average Bonchev–Trinajstić information content (AvgIpc) is 1.86. The normalized spacial score (nSPS) is 14.1. The van der Waals surface area contributed by atoms with Gasteiger partial charge in [0, 0.05) is 20.0 Å². The van der Waals surface area contributed by atoms with Crippen LogP contribution in [0, 0.1) is 0 Å². The van der Waals surface area contributed by atoms with E-state index in [0.717, 1.165) is 0 Å². The minimum atomic E-state index is -2.41. The van der Waals surface area contributed by atoms with Gasteiger partial charge in [0.1, 0.15) is 0 Å². The van der Waals surface area contributed by atoms with Crippen LogP contribution in [-0.4, -0.2) is 26.3 Å².